The summed E-state index contributed by atoms with van der Waals surface area (Å²) < 4.78 is 6.69. The molecule has 3 nitrogen and oxygen atoms in total. The first-order valence-corrected chi connectivity index (χ1v) is 6.08. The third-order valence-electron chi connectivity index (χ3n) is 2.26. The molecule has 0 saturated carbocycles. The number of aryl methyl sites for hydroxylation is 1. The van der Waals surface area contributed by atoms with Crippen molar-refractivity contribution in [3.63, 3.8) is 0 Å². The lowest BCUT2D eigenvalue weighted by Gasteiger charge is -2.07. The van der Waals surface area contributed by atoms with Crippen LogP contribution in [0.1, 0.15) is 11.3 Å². The minimum absolute atomic E-state index is 0.486. The van der Waals surface area contributed by atoms with Gasteiger partial charge in [-0.3, -0.25) is 0 Å². The summed E-state index contributed by atoms with van der Waals surface area (Å²) in [5.74, 6) is 1.34. The van der Waals surface area contributed by atoms with Crippen LogP contribution in [-0.2, 0) is 6.54 Å². The molecule has 1 aromatic heterocycles. The third kappa shape index (κ3) is 3.28. The number of hydrogen-bond donors (Lipinski definition) is 1. The van der Waals surface area contributed by atoms with Crippen molar-refractivity contribution in [3.8, 4) is 11.6 Å². The van der Waals surface area contributed by atoms with E-state index in [1.54, 1.807) is 0 Å². The molecule has 4 heteroatoms. The van der Waals surface area contributed by atoms with Crippen molar-refractivity contribution in [2.75, 3.05) is 0 Å². The summed E-state index contributed by atoms with van der Waals surface area (Å²) in [7, 11) is 0. The van der Waals surface area contributed by atoms with Crippen LogP contribution in [0.25, 0.3) is 0 Å². The van der Waals surface area contributed by atoms with Gasteiger partial charge in [-0.15, -0.1) is 0 Å². The standard InChI is InChI=1S/C13H13BrN2O/c1-9-6-10(8-15)7-13(16-9)17-12-4-2-11(14)3-5-12/h2-7H,8,15H2,1H3. The average molecular weight is 293 g/mol. The van der Waals surface area contributed by atoms with Gasteiger partial charge in [0.2, 0.25) is 5.88 Å². The first kappa shape index (κ1) is 12.1. The van der Waals surface area contributed by atoms with Crippen LogP contribution in [0.3, 0.4) is 0 Å². The van der Waals surface area contributed by atoms with Crippen LogP contribution in [0.15, 0.2) is 40.9 Å². The molecule has 0 spiro atoms. The molecular weight excluding hydrogens is 280 g/mol. The zero-order chi connectivity index (χ0) is 12.3. The molecule has 1 heterocycles. The van der Waals surface area contributed by atoms with E-state index in [9.17, 15) is 0 Å². The van der Waals surface area contributed by atoms with Gasteiger partial charge in [-0.2, -0.15) is 0 Å². The highest BCUT2D eigenvalue weighted by Gasteiger charge is 2.02. The van der Waals surface area contributed by atoms with E-state index in [4.69, 9.17) is 10.5 Å². The zero-order valence-electron chi connectivity index (χ0n) is 9.48. The Labute approximate surface area is 109 Å². The van der Waals surface area contributed by atoms with E-state index in [1.807, 2.05) is 43.3 Å². The fourth-order valence-corrected chi connectivity index (χ4v) is 1.76. The highest BCUT2D eigenvalue weighted by Crippen LogP contribution is 2.22. The Kier molecular flexibility index (Phi) is 3.76. The quantitative estimate of drug-likeness (QED) is 0.943. The van der Waals surface area contributed by atoms with Gasteiger partial charge in [0.05, 0.1) is 0 Å². The number of nitrogens with zero attached hydrogens (tertiary/aromatic N) is 1. The number of halogens is 1. The normalized spacial score (nSPS) is 10.3. The lowest BCUT2D eigenvalue weighted by molar-refractivity contribution is 0.461. The van der Waals surface area contributed by atoms with Crippen molar-refractivity contribution in [2.45, 2.75) is 13.5 Å². The number of nitrogens with two attached hydrogens (primary N) is 1. The maximum atomic E-state index is 5.67. The van der Waals surface area contributed by atoms with E-state index in [-0.39, 0.29) is 0 Å². The predicted octanol–water partition coefficient (Wildman–Crippen LogP) is 3.40. The van der Waals surface area contributed by atoms with Crippen LogP contribution in [0.5, 0.6) is 11.6 Å². The molecule has 0 amide bonds. The van der Waals surface area contributed by atoms with Crippen LogP contribution in [0.2, 0.25) is 0 Å². The van der Waals surface area contributed by atoms with Crippen molar-refractivity contribution in [2.24, 2.45) is 5.73 Å². The highest BCUT2D eigenvalue weighted by molar-refractivity contribution is 9.10. The smallest absolute Gasteiger partial charge is 0.219 e. The molecule has 0 saturated heterocycles. The van der Waals surface area contributed by atoms with Crippen LogP contribution in [0.4, 0.5) is 0 Å². The molecule has 0 bridgehead atoms. The molecule has 1 aromatic carbocycles. The Morgan fingerprint density at radius 1 is 1.24 bits per heavy atom. The molecule has 0 aliphatic carbocycles. The van der Waals surface area contributed by atoms with Gasteiger partial charge in [0.25, 0.3) is 0 Å². The maximum Gasteiger partial charge on any atom is 0.219 e. The first-order chi connectivity index (χ1) is 8.17. The Bertz CT molecular complexity index is 511. The Hall–Kier alpha value is -1.39. The van der Waals surface area contributed by atoms with Crippen molar-refractivity contribution >= 4 is 15.9 Å². The van der Waals surface area contributed by atoms with Gasteiger partial charge in [-0.05, 0) is 42.8 Å². The van der Waals surface area contributed by atoms with Crippen LogP contribution >= 0.6 is 15.9 Å². The largest absolute Gasteiger partial charge is 0.439 e. The molecular formula is C13H13BrN2O. The molecule has 88 valence electrons. The zero-order valence-corrected chi connectivity index (χ0v) is 11.1. The summed E-state index contributed by atoms with van der Waals surface area (Å²) in [5.41, 5.74) is 7.53. The fourth-order valence-electron chi connectivity index (χ4n) is 1.50. The van der Waals surface area contributed by atoms with Gasteiger partial charge in [-0.25, -0.2) is 4.98 Å². The summed E-state index contributed by atoms with van der Waals surface area (Å²) in [6, 6.07) is 11.4. The van der Waals surface area contributed by atoms with E-state index in [2.05, 4.69) is 20.9 Å². The molecule has 2 N–H and O–H groups in total. The number of rotatable bonds is 3. The number of aromatic nitrogens is 1. The number of ether oxygens (including phenoxy) is 1. The minimum atomic E-state index is 0.486. The van der Waals surface area contributed by atoms with Crippen LogP contribution in [0, 0.1) is 6.92 Å². The Morgan fingerprint density at radius 3 is 2.59 bits per heavy atom. The molecule has 0 unspecified atom stereocenters. The summed E-state index contributed by atoms with van der Waals surface area (Å²) in [6.45, 7) is 2.41. The van der Waals surface area contributed by atoms with E-state index < -0.39 is 0 Å². The Balaban J connectivity index is 2.23. The summed E-state index contributed by atoms with van der Waals surface area (Å²) >= 11 is 3.38. The van der Waals surface area contributed by atoms with Crippen molar-refractivity contribution < 1.29 is 4.74 Å². The van der Waals surface area contributed by atoms with Crippen molar-refractivity contribution in [1.29, 1.82) is 0 Å². The number of pyridine rings is 1. The van der Waals surface area contributed by atoms with Gasteiger partial charge in [0.1, 0.15) is 5.75 Å². The van der Waals surface area contributed by atoms with Gasteiger partial charge >= 0.3 is 0 Å². The maximum absolute atomic E-state index is 5.67. The summed E-state index contributed by atoms with van der Waals surface area (Å²) in [4.78, 5) is 4.31. The van der Waals surface area contributed by atoms with E-state index >= 15 is 0 Å². The molecule has 0 aliphatic rings. The van der Waals surface area contributed by atoms with Gasteiger partial charge in [0, 0.05) is 22.8 Å². The third-order valence-corrected chi connectivity index (χ3v) is 2.79. The second kappa shape index (κ2) is 5.29. The SMILES string of the molecule is Cc1cc(CN)cc(Oc2ccc(Br)cc2)n1. The monoisotopic (exact) mass is 292 g/mol. The fraction of sp³-hybridized carbons (Fsp3) is 0.154. The van der Waals surface area contributed by atoms with E-state index in [1.165, 1.54) is 0 Å². The van der Waals surface area contributed by atoms with E-state index in [0.717, 1.165) is 21.5 Å². The predicted molar refractivity (Wildman–Crippen MR) is 71.1 cm³/mol. The van der Waals surface area contributed by atoms with Crippen LogP contribution in [-0.4, -0.2) is 4.98 Å². The second-order valence-corrected chi connectivity index (χ2v) is 4.63. The number of benzene rings is 1. The molecule has 0 atom stereocenters. The first-order valence-electron chi connectivity index (χ1n) is 5.28. The minimum Gasteiger partial charge on any atom is -0.439 e. The summed E-state index contributed by atoms with van der Waals surface area (Å²) in [5, 5.41) is 0. The van der Waals surface area contributed by atoms with Gasteiger partial charge in [-0.1, -0.05) is 15.9 Å². The topological polar surface area (TPSA) is 48.1 Å². The van der Waals surface area contributed by atoms with Gasteiger partial charge in [0.15, 0.2) is 0 Å². The number of hydrogen-bond acceptors (Lipinski definition) is 3. The molecule has 2 aromatic rings. The molecule has 2 rings (SSSR count). The van der Waals surface area contributed by atoms with Gasteiger partial charge < -0.3 is 10.5 Å². The lowest BCUT2D eigenvalue weighted by Crippen LogP contribution is -1.99. The Morgan fingerprint density at radius 2 is 1.94 bits per heavy atom. The van der Waals surface area contributed by atoms with Crippen molar-refractivity contribution in [3.05, 3.63) is 52.1 Å². The van der Waals surface area contributed by atoms with Crippen molar-refractivity contribution in [1.82, 2.24) is 4.98 Å². The highest BCUT2D eigenvalue weighted by atomic mass is 79.9. The molecule has 0 fully saturated rings. The van der Waals surface area contributed by atoms with Crippen LogP contribution < -0.4 is 10.5 Å². The van der Waals surface area contributed by atoms with E-state index in [0.29, 0.717) is 12.4 Å². The second-order valence-electron chi connectivity index (χ2n) is 3.72. The summed E-state index contributed by atoms with van der Waals surface area (Å²) in [6.07, 6.45) is 0. The molecule has 17 heavy (non-hydrogen) atoms. The molecule has 0 radical (unpaired) electrons. The average Bonchev–Trinajstić information content (AvgIpc) is 2.31. The molecule has 0 aliphatic heterocycles. The lowest BCUT2D eigenvalue weighted by atomic mass is 10.2.